The van der Waals surface area contributed by atoms with E-state index in [1.54, 1.807) is 0 Å². The number of aliphatic hydroxyl groups is 5. The molecule has 2 aliphatic heterocycles. The molecule has 57 heavy (non-hydrogen) atoms. The van der Waals surface area contributed by atoms with Crippen molar-refractivity contribution < 1.29 is 91.2 Å². The van der Waals surface area contributed by atoms with E-state index in [2.05, 4.69) is 13.8 Å². The zero-order valence-corrected chi connectivity index (χ0v) is 38.9. The van der Waals surface area contributed by atoms with Gasteiger partial charge in [-0.3, -0.25) is 4.18 Å². The number of aliphatic hydroxyl groups excluding tert-OH is 5. The maximum Gasteiger partial charge on any atom is 1.00 e. The van der Waals surface area contributed by atoms with Crippen LogP contribution in [0.4, 0.5) is 0 Å². The first-order valence-electron chi connectivity index (χ1n) is 22.5. The van der Waals surface area contributed by atoms with E-state index in [0.29, 0.717) is 0 Å². The summed E-state index contributed by atoms with van der Waals surface area (Å²) in [5.41, 5.74) is 0. The molecule has 0 aromatic heterocycles. The van der Waals surface area contributed by atoms with Crippen LogP contribution in [0.3, 0.4) is 0 Å². The molecule has 10 atom stereocenters. The second-order valence-corrected chi connectivity index (χ2v) is 17.5. The Labute approximate surface area is 367 Å². The fraction of sp³-hybridized carbons (Fsp3) is 1.00. The van der Waals surface area contributed by atoms with Crippen molar-refractivity contribution in [3.05, 3.63) is 0 Å². The topological polar surface area (TPSA) is 204 Å². The fourth-order valence-electron chi connectivity index (χ4n) is 7.94. The molecule has 0 bridgehead atoms. The number of hydrogen-bond donors (Lipinski definition) is 5. The second-order valence-electron chi connectivity index (χ2n) is 16.5. The van der Waals surface area contributed by atoms with Crippen LogP contribution in [-0.2, 0) is 33.5 Å². The monoisotopic (exact) mass is 849 g/mol. The van der Waals surface area contributed by atoms with Gasteiger partial charge in [-0.1, -0.05) is 168 Å². The summed E-state index contributed by atoms with van der Waals surface area (Å²) in [7, 11) is -5.40. The van der Waals surface area contributed by atoms with E-state index in [1.807, 2.05) is 0 Å². The van der Waals surface area contributed by atoms with Crippen molar-refractivity contribution in [1.29, 1.82) is 0 Å². The van der Waals surface area contributed by atoms with E-state index in [9.17, 15) is 38.5 Å². The Balaban J connectivity index is 0.0000162. The first-order valence-corrected chi connectivity index (χ1v) is 23.8. The Morgan fingerprint density at radius 3 is 1.40 bits per heavy atom. The van der Waals surface area contributed by atoms with Crippen LogP contribution in [0.1, 0.15) is 188 Å². The standard InChI is InChI=1S/C42H82O13S.Na/c1-4-6-8-10-12-14-16-18-20-22-24-26-28-33(29-27-25-23-21-19-17-15-13-11-9-7-5-2)31-51-42-40(54-41-38(47)37(46)35(44)32(3)52-41)39(55-56(48,49)50)36(45)34(30-43)53-42;/h32-47H,4-31H2,1-3H3,(H,48,49,50);/q;+1/p-1/t32-,34+,35+,36-,37+,38-,39-,40+,41-,42+;/m0./s1. The molecule has 0 saturated carbocycles. The van der Waals surface area contributed by atoms with Crippen LogP contribution >= 0.6 is 0 Å². The molecule has 334 valence electrons. The molecule has 2 saturated heterocycles. The average Bonchev–Trinajstić information content (AvgIpc) is 3.16. The molecule has 5 N–H and O–H groups in total. The summed E-state index contributed by atoms with van der Waals surface area (Å²) in [4.78, 5) is 0. The van der Waals surface area contributed by atoms with Gasteiger partial charge < -0.3 is 49.0 Å². The summed E-state index contributed by atoms with van der Waals surface area (Å²) in [5, 5.41) is 52.1. The third kappa shape index (κ3) is 23.5. The van der Waals surface area contributed by atoms with Gasteiger partial charge in [-0.2, -0.15) is 0 Å². The van der Waals surface area contributed by atoms with Crippen LogP contribution in [0.5, 0.6) is 0 Å². The molecule has 15 heteroatoms. The van der Waals surface area contributed by atoms with Gasteiger partial charge in [0.15, 0.2) is 12.6 Å². The minimum Gasteiger partial charge on any atom is -0.726 e. The van der Waals surface area contributed by atoms with Crippen LogP contribution in [-0.4, -0.2) is 113 Å². The van der Waals surface area contributed by atoms with Crippen molar-refractivity contribution >= 4 is 10.4 Å². The number of hydrogen-bond acceptors (Lipinski definition) is 13. The van der Waals surface area contributed by atoms with Gasteiger partial charge >= 0.3 is 29.6 Å². The van der Waals surface area contributed by atoms with Crippen molar-refractivity contribution in [3.63, 3.8) is 0 Å². The summed E-state index contributed by atoms with van der Waals surface area (Å²) >= 11 is 0. The Kier molecular flexibility index (Phi) is 32.3. The number of ether oxygens (including phenoxy) is 4. The van der Waals surface area contributed by atoms with Gasteiger partial charge in [0.2, 0.25) is 10.4 Å². The van der Waals surface area contributed by atoms with Crippen LogP contribution in [0.15, 0.2) is 0 Å². The summed E-state index contributed by atoms with van der Waals surface area (Å²) < 4.78 is 63.7. The molecular formula is C42H81NaO13S. The Bertz CT molecular complexity index is 1030. The number of unbranched alkanes of at least 4 members (excludes halogenated alkanes) is 22. The van der Waals surface area contributed by atoms with E-state index in [4.69, 9.17) is 23.1 Å². The van der Waals surface area contributed by atoms with E-state index in [0.717, 1.165) is 38.5 Å². The molecule has 0 aromatic carbocycles. The molecule has 2 fully saturated rings. The molecule has 0 aliphatic carbocycles. The second kappa shape index (κ2) is 33.1. The van der Waals surface area contributed by atoms with Gasteiger partial charge in [0.1, 0.15) is 42.7 Å². The van der Waals surface area contributed by atoms with Gasteiger partial charge in [0.05, 0.1) is 19.3 Å². The molecule has 2 aliphatic rings. The Morgan fingerprint density at radius 1 is 0.579 bits per heavy atom. The van der Waals surface area contributed by atoms with Crippen LogP contribution in [0.25, 0.3) is 0 Å². The van der Waals surface area contributed by atoms with Crippen LogP contribution in [0, 0.1) is 5.92 Å². The summed E-state index contributed by atoms with van der Waals surface area (Å²) in [6.45, 7) is 5.38. The minimum atomic E-state index is -5.40. The third-order valence-corrected chi connectivity index (χ3v) is 12.0. The van der Waals surface area contributed by atoms with Crippen molar-refractivity contribution in [2.45, 2.75) is 249 Å². The van der Waals surface area contributed by atoms with Crippen molar-refractivity contribution in [1.82, 2.24) is 0 Å². The van der Waals surface area contributed by atoms with Crippen molar-refractivity contribution in [2.24, 2.45) is 5.92 Å². The summed E-state index contributed by atoms with van der Waals surface area (Å²) in [6, 6.07) is 0. The van der Waals surface area contributed by atoms with Crippen LogP contribution in [0.2, 0.25) is 0 Å². The molecule has 0 spiro atoms. The molecule has 0 amide bonds. The predicted octanol–water partition coefficient (Wildman–Crippen LogP) is 3.94. The van der Waals surface area contributed by atoms with Gasteiger partial charge in [-0.25, -0.2) is 8.42 Å². The molecule has 13 nitrogen and oxygen atoms in total. The summed E-state index contributed by atoms with van der Waals surface area (Å²) in [5.74, 6) is 0.126. The van der Waals surface area contributed by atoms with Crippen molar-refractivity contribution in [3.8, 4) is 0 Å². The average molecular weight is 849 g/mol. The largest absolute Gasteiger partial charge is 1.00 e. The first-order chi connectivity index (χ1) is 26.9. The molecule has 0 aromatic rings. The number of rotatable bonds is 34. The fourth-order valence-corrected chi connectivity index (χ4v) is 8.43. The molecule has 0 radical (unpaired) electrons. The van der Waals surface area contributed by atoms with Gasteiger partial charge in [-0.05, 0) is 25.7 Å². The zero-order valence-electron chi connectivity index (χ0n) is 36.1. The third-order valence-electron chi connectivity index (χ3n) is 11.6. The first kappa shape index (κ1) is 55.5. The van der Waals surface area contributed by atoms with Gasteiger partial charge in [0.25, 0.3) is 0 Å². The minimum absolute atomic E-state index is 0. The maximum atomic E-state index is 11.8. The molecule has 2 rings (SSSR count). The summed E-state index contributed by atoms with van der Waals surface area (Å²) in [6.07, 6.45) is 16.1. The zero-order chi connectivity index (χ0) is 41.2. The molecule has 2 heterocycles. The smallest absolute Gasteiger partial charge is 0.726 e. The Morgan fingerprint density at radius 2 is 1.00 bits per heavy atom. The quantitative estimate of drug-likeness (QED) is 0.0270. The molecule has 0 unspecified atom stereocenters. The maximum absolute atomic E-state index is 11.8. The Hall–Kier alpha value is 0.510. The van der Waals surface area contributed by atoms with E-state index in [1.165, 1.54) is 135 Å². The van der Waals surface area contributed by atoms with Gasteiger partial charge in [-0.15, -0.1) is 0 Å². The van der Waals surface area contributed by atoms with Gasteiger partial charge in [0, 0.05) is 0 Å². The van der Waals surface area contributed by atoms with Crippen molar-refractivity contribution in [2.75, 3.05) is 13.2 Å². The normalized spacial score (nSPS) is 28.2. The van der Waals surface area contributed by atoms with E-state index < -0.39 is 78.4 Å². The molecular weight excluding hydrogens is 768 g/mol. The van der Waals surface area contributed by atoms with Crippen LogP contribution < -0.4 is 29.6 Å². The van der Waals surface area contributed by atoms with E-state index in [-0.39, 0.29) is 42.1 Å². The SMILES string of the molecule is CCCCCCCCCCCCCCC(CCCCCCCCCCCCCC)CO[C@@H]1O[C@H](CO)[C@H](O)[C@H](OS(=O)(=O)[O-])[C@H]1O[C@@H]1O[C@@H](C)[C@@H](O)[C@@H](O)[C@@H]1O.[Na+]. The van der Waals surface area contributed by atoms with E-state index >= 15 is 0 Å². The predicted molar refractivity (Wildman–Crippen MR) is 214 cm³/mol.